The average Bonchev–Trinajstić information content (AvgIpc) is 2.17. The van der Waals surface area contributed by atoms with Gasteiger partial charge in [0.25, 0.3) is 0 Å². The Morgan fingerprint density at radius 3 is 2.87 bits per heavy atom. The van der Waals surface area contributed by atoms with Crippen molar-refractivity contribution in [2.24, 2.45) is 5.73 Å². The minimum atomic E-state index is -2.85. The number of rotatable bonds is 5. The van der Waals surface area contributed by atoms with Crippen molar-refractivity contribution in [2.75, 3.05) is 30.1 Å². The third-order valence-electron chi connectivity index (χ3n) is 2.37. The van der Waals surface area contributed by atoms with Crippen LogP contribution in [0.15, 0.2) is 0 Å². The predicted octanol–water partition coefficient (Wildman–Crippen LogP) is 0.271. The number of hydrogen-bond donors (Lipinski definition) is 1. The van der Waals surface area contributed by atoms with E-state index in [4.69, 9.17) is 10.5 Å². The third-order valence-corrected chi connectivity index (χ3v) is 4.42. The molecule has 0 amide bonds. The van der Waals surface area contributed by atoms with Gasteiger partial charge in [0, 0.05) is 29.6 Å². The normalized spacial score (nSPS) is 25.1. The molecule has 0 radical (unpaired) electrons. The van der Waals surface area contributed by atoms with Gasteiger partial charge in [0.15, 0.2) is 0 Å². The Hall–Kier alpha value is 0.220. The maximum Gasteiger partial charge on any atom is 0.147 e. The highest BCUT2D eigenvalue weighted by Crippen LogP contribution is 2.16. The van der Waals surface area contributed by atoms with Gasteiger partial charge in [-0.3, -0.25) is 0 Å². The number of nitrogens with two attached hydrogens (primary N) is 1. The highest BCUT2D eigenvalue weighted by Gasteiger charge is 2.21. The number of ether oxygens (including phenoxy) is 1. The second-order valence-corrected chi connectivity index (χ2v) is 7.33. The fraction of sp³-hybridized carbons (Fsp3) is 1.00. The van der Waals surface area contributed by atoms with Gasteiger partial charge in [0.2, 0.25) is 0 Å². The summed E-state index contributed by atoms with van der Waals surface area (Å²) in [6.07, 6.45) is 2.71. The Balaban J connectivity index is 2.20. The van der Waals surface area contributed by atoms with Crippen molar-refractivity contribution >= 4 is 21.6 Å². The molecule has 0 bridgehead atoms. The molecule has 0 aromatic carbocycles. The summed E-state index contributed by atoms with van der Waals surface area (Å²) < 4.78 is 27.4. The van der Waals surface area contributed by atoms with Crippen LogP contribution in [0.3, 0.4) is 0 Å². The highest BCUT2D eigenvalue weighted by atomic mass is 32.2. The monoisotopic (exact) mass is 253 g/mol. The van der Waals surface area contributed by atoms with Crippen molar-refractivity contribution in [3.63, 3.8) is 0 Å². The van der Waals surface area contributed by atoms with E-state index >= 15 is 0 Å². The van der Waals surface area contributed by atoms with Crippen molar-refractivity contribution < 1.29 is 13.2 Å². The molecule has 0 aromatic rings. The second kappa shape index (κ2) is 6.08. The quantitative estimate of drug-likeness (QED) is 0.761. The van der Waals surface area contributed by atoms with Crippen LogP contribution in [-0.2, 0) is 14.6 Å². The molecule has 2 atom stereocenters. The number of hydrogen-bond acceptors (Lipinski definition) is 5. The molecule has 1 rings (SSSR count). The van der Waals surface area contributed by atoms with Gasteiger partial charge in [-0.25, -0.2) is 8.42 Å². The molecule has 1 fully saturated rings. The van der Waals surface area contributed by atoms with Crippen molar-refractivity contribution in [1.82, 2.24) is 0 Å². The Kier molecular flexibility index (Phi) is 5.38. The Labute approximate surface area is 95.9 Å². The molecule has 0 aliphatic carbocycles. The topological polar surface area (TPSA) is 69.4 Å². The Morgan fingerprint density at radius 1 is 1.60 bits per heavy atom. The lowest BCUT2D eigenvalue weighted by atomic mass is 10.1. The number of thioether (sulfide) groups is 1. The second-order valence-electron chi connectivity index (χ2n) is 3.92. The Morgan fingerprint density at radius 2 is 2.33 bits per heavy atom. The molecule has 90 valence electrons. The zero-order valence-corrected chi connectivity index (χ0v) is 10.6. The van der Waals surface area contributed by atoms with Gasteiger partial charge in [-0.15, -0.1) is 0 Å². The van der Waals surface area contributed by atoms with Crippen LogP contribution in [0, 0.1) is 0 Å². The van der Waals surface area contributed by atoms with E-state index in [1.54, 1.807) is 0 Å². The van der Waals surface area contributed by atoms with E-state index in [0.717, 1.165) is 24.5 Å². The summed E-state index contributed by atoms with van der Waals surface area (Å²) in [5.41, 5.74) is 5.94. The van der Waals surface area contributed by atoms with Crippen molar-refractivity contribution in [2.45, 2.75) is 25.0 Å². The van der Waals surface area contributed by atoms with Crippen LogP contribution < -0.4 is 5.73 Å². The van der Waals surface area contributed by atoms with Gasteiger partial charge < -0.3 is 10.5 Å². The van der Waals surface area contributed by atoms with Crippen LogP contribution in [0.4, 0.5) is 0 Å². The molecule has 6 heteroatoms. The molecule has 0 saturated carbocycles. The summed E-state index contributed by atoms with van der Waals surface area (Å²) >= 11 is 1.85. The fourth-order valence-corrected chi connectivity index (χ4v) is 3.17. The van der Waals surface area contributed by atoms with Gasteiger partial charge in [0.05, 0.1) is 12.7 Å². The summed E-state index contributed by atoms with van der Waals surface area (Å²) in [7, 11) is -2.85. The molecule has 1 saturated heterocycles. The maximum absolute atomic E-state index is 10.9. The molecule has 1 heterocycles. The van der Waals surface area contributed by atoms with E-state index in [2.05, 4.69) is 0 Å². The van der Waals surface area contributed by atoms with Crippen LogP contribution >= 0.6 is 11.8 Å². The van der Waals surface area contributed by atoms with Crippen molar-refractivity contribution in [3.8, 4) is 0 Å². The van der Waals surface area contributed by atoms with E-state index in [0.29, 0.717) is 6.42 Å². The minimum Gasteiger partial charge on any atom is -0.375 e. The molecule has 15 heavy (non-hydrogen) atoms. The zero-order chi connectivity index (χ0) is 11.3. The van der Waals surface area contributed by atoms with Crippen molar-refractivity contribution in [1.29, 1.82) is 0 Å². The van der Waals surface area contributed by atoms with E-state index in [-0.39, 0.29) is 17.9 Å². The molecule has 0 spiro atoms. The van der Waals surface area contributed by atoms with E-state index in [9.17, 15) is 8.42 Å². The fourth-order valence-electron chi connectivity index (χ4n) is 1.52. The van der Waals surface area contributed by atoms with Gasteiger partial charge in [-0.05, 0) is 12.8 Å². The van der Waals surface area contributed by atoms with E-state index < -0.39 is 9.84 Å². The first-order chi connectivity index (χ1) is 6.99. The summed E-state index contributed by atoms with van der Waals surface area (Å²) in [5, 5.41) is 0. The van der Waals surface area contributed by atoms with Gasteiger partial charge in [-0.2, -0.15) is 11.8 Å². The van der Waals surface area contributed by atoms with Gasteiger partial charge in [0.1, 0.15) is 9.84 Å². The maximum atomic E-state index is 10.9. The number of sulfone groups is 1. The lowest BCUT2D eigenvalue weighted by molar-refractivity contribution is 0.0550. The largest absolute Gasteiger partial charge is 0.375 e. The third kappa shape index (κ3) is 5.75. The van der Waals surface area contributed by atoms with Gasteiger partial charge in [-0.1, -0.05) is 0 Å². The molecular weight excluding hydrogens is 234 g/mol. The summed E-state index contributed by atoms with van der Waals surface area (Å²) in [4.78, 5) is 0. The standard InChI is InChI=1S/C9H19NO3S2/c1-15(11,12)6-2-3-8(10)9-7-14-5-4-13-9/h8-9H,2-7,10H2,1H3. The van der Waals surface area contributed by atoms with Gasteiger partial charge >= 0.3 is 0 Å². The van der Waals surface area contributed by atoms with Crippen LogP contribution in [0.1, 0.15) is 12.8 Å². The molecule has 2 unspecified atom stereocenters. The molecular formula is C9H19NO3S2. The first kappa shape index (κ1) is 13.3. The van der Waals surface area contributed by atoms with Crippen LogP contribution in [0.2, 0.25) is 0 Å². The van der Waals surface area contributed by atoms with Crippen LogP contribution in [0.5, 0.6) is 0 Å². The van der Waals surface area contributed by atoms with Crippen LogP contribution in [-0.4, -0.2) is 50.7 Å². The van der Waals surface area contributed by atoms with Crippen molar-refractivity contribution in [3.05, 3.63) is 0 Å². The minimum absolute atomic E-state index is 0.0282. The zero-order valence-electron chi connectivity index (χ0n) is 9.02. The summed E-state index contributed by atoms with van der Waals surface area (Å²) in [6, 6.07) is -0.0282. The lowest BCUT2D eigenvalue weighted by Crippen LogP contribution is -2.41. The molecule has 0 aromatic heterocycles. The molecule has 1 aliphatic heterocycles. The SMILES string of the molecule is CS(=O)(=O)CCCC(N)C1CSCCO1. The van der Waals surface area contributed by atoms with Crippen LogP contribution in [0.25, 0.3) is 0 Å². The smallest absolute Gasteiger partial charge is 0.147 e. The average molecular weight is 253 g/mol. The lowest BCUT2D eigenvalue weighted by Gasteiger charge is -2.27. The first-order valence-electron chi connectivity index (χ1n) is 5.12. The first-order valence-corrected chi connectivity index (χ1v) is 8.33. The summed E-state index contributed by atoms with van der Waals surface area (Å²) in [5.74, 6) is 2.19. The predicted molar refractivity (Wildman–Crippen MR) is 64.0 cm³/mol. The molecule has 1 aliphatic rings. The van der Waals surface area contributed by atoms with E-state index in [1.165, 1.54) is 6.26 Å². The summed E-state index contributed by atoms with van der Waals surface area (Å²) in [6.45, 7) is 0.759. The Bertz CT molecular complexity index is 273. The molecule has 2 N–H and O–H groups in total. The highest BCUT2D eigenvalue weighted by molar-refractivity contribution is 7.99. The molecule has 4 nitrogen and oxygen atoms in total. The van der Waals surface area contributed by atoms with E-state index in [1.807, 2.05) is 11.8 Å².